The van der Waals surface area contributed by atoms with Crippen molar-refractivity contribution in [3.8, 4) is 5.75 Å². The smallest absolute Gasteiger partial charge is 0.414 e. The molecule has 0 spiro atoms. The number of carbonyl (C=O) groups is 2. The average Bonchev–Trinajstić information content (AvgIpc) is 3.22. The van der Waals surface area contributed by atoms with Gasteiger partial charge in [-0.25, -0.2) is 9.59 Å². The van der Waals surface area contributed by atoms with Gasteiger partial charge in [0.05, 0.1) is 11.3 Å². The first-order chi connectivity index (χ1) is 16.7. The third-order valence-corrected chi connectivity index (χ3v) is 5.88. The minimum Gasteiger partial charge on any atom is -0.488 e. The van der Waals surface area contributed by atoms with Crippen molar-refractivity contribution in [1.82, 2.24) is 0 Å². The minimum atomic E-state index is -1.02. The van der Waals surface area contributed by atoms with Crippen molar-refractivity contribution in [3.05, 3.63) is 71.3 Å². The van der Waals surface area contributed by atoms with E-state index in [0.29, 0.717) is 30.0 Å². The zero-order valence-electron chi connectivity index (χ0n) is 20.8. The SMILES string of the molecule is CC.CC(C)(C)OC(=O)N1CC(CCl)c2c1cc(OCc1ccccc1)c1ccc(C(=O)O)cc21. The number of hydrogen-bond acceptors (Lipinski definition) is 4. The Kier molecular flexibility index (Phi) is 8.28. The fourth-order valence-electron chi connectivity index (χ4n) is 4.07. The summed E-state index contributed by atoms with van der Waals surface area (Å²) in [5.41, 5.74) is 1.97. The first-order valence-corrected chi connectivity index (χ1v) is 12.3. The molecule has 1 aliphatic heterocycles. The van der Waals surface area contributed by atoms with Crippen LogP contribution in [0.5, 0.6) is 5.75 Å². The number of halogens is 1. The maximum Gasteiger partial charge on any atom is 0.414 e. The summed E-state index contributed by atoms with van der Waals surface area (Å²) in [6.45, 7) is 10.1. The number of hydrogen-bond donors (Lipinski definition) is 1. The van der Waals surface area contributed by atoms with Crippen LogP contribution in [0.1, 0.15) is 62.0 Å². The lowest BCUT2D eigenvalue weighted by atomic mass is 9.94. The predicted molar refractivity (Wildman–Crippen MR) is 140 cm³/mol. The Bertz CT molecular complexity index is 1200. The largest absolute Gasteiger partial charge is 0.488 e. The van der Waals surface area contributed by atoms with Gasteiger partial charge < -0.3 is 14.6 Å². The van der Waals surface area contributed by atoms with E-state index in [2.05, 4.69) is 0 Å². The zero-order chi connectivity index (χ0) is 25.8. The number of ether oxygens (including phenoxy) is 2. The molecule has 0 fully saturated rings. The molecule has 0 aliphatic carbocycles. The third-order valence-electron chi connectivity index (χ3n) is 5.51. The Morgan fingerprint density at radius 1 is 1.06 bits per heavy atom. The van der Waals surface area contributed by atoms with Crippen LogP contribution in [0.2, 0.25) is 0 Å². The van der Waals surface area contributed by atoms with Crippen LogP contribution in [0.3, 0.4) is 0 Å². The van der Waals surface area contributed by atoms with Crippen molar-refractivity contribution >= 4 is 40.1 Å². The van der Waals surface area contributed by atoms with E-state index < -0.39 is 17.7 Å². The molecule has 3 aromatic rings. The Morgan fingerprint density at radius 3 is 2.34 bits per heavy atom. The summed E-state index contributed by atoms with van der Waals surface area (Å²) in [5, 5.41) is 11.1. The topological polar surface area (TPSA) is 76.1 Å². The van der Waals surface area contributed by atoms with Gasteiger partial charge in [0, 0.05) is 29.8 Å². The second kappa shape index (κ2) is 11.0. The van der Waals surface area contributed by atoms with Gasteiger partial charge in [0.1, 0.15) is 18.0 Å². The van der Waals surface area contributed by atoms with Crippen LogP contribution in [0.4, 0.5) is 10.5 Å². The standard InChI is InChI=1S/C26H26ClNO5.C2H6/c1-26(2,3)33-25(31)28-14-18(13-27)23-20-11-17(24(29)30)9-10-19(20)22(12-21(23)28)32-15-16-7-5-4-6-8-16;1-2/h4-12,18H,13-15H2,1-3H3,(H,29,30);1-2H3. The fourth-order valence-corrected chi connectivity index (χ4v) is 4.32. The molecule has 3 aromatic carbocycles. The summed E-state index contributed by atoms with van der Waals surface area (Å²) >= 11 is 6.30. The van der Waals surface area contributed by atoms with E-state index in [1.54, 1.807) is 23.1 Å². The van der Waals surface area contributed by atoms with Crippen molar-refractivity contribution in [1.29, 1.82) is 0 Å². The molecule has 4 rings (SSSR count). The number of benzene rings is 3. The normalized spacial score (nSPS) is 14.7. The summed E-state index contributed by atoms with van der Waals surface area (Å²) in [6, 6.07) is 16.5. The van der Waals surface area contributed by atoms with Gasteiger partial charge in [-0.15, -0.1) is 11.6 Å². The van der Waals surface area contributed by atoms with Gasteiger partial charge >= 0.3 is 12.1 Å². The predicted octanol–water partition coefficient (Wildman–Crippen LogP) is 7.22. The highest BCUT2D eigenvalue weighted by Crippen LogP contribution is 2.46. The minimum absolute atomic E-state index is 0.161. The van der Waals surface area contributed by atoms with Crippen molar-refractivity contribution in [2.24, 2.45) is 0 Å². The van der Waals surface area contributed by atoms with Crippen LogP contribution in [0.25, 0.3) is 10.8 Å². The summed E-state index contributed by atoms with van der Waals surface area (Å²) in [4.78, 5) is 26.3. The fraction of sp³-hybridized carbons (Fsp3) is 0.357. The molecule has 1 amide bonds. The molecular formula is C28H32ClNO5. The number of carbonyl (C=O) groups excluding carboxylic acids is 1. The van der Waals surface area contributed by atoms with Gasteiger partial charge in [-0.2, -0.15) is 0 Å². The number of carboxylic acid groups (broad SMARTS) is 1. The van der Waals surface area contributed by atoms with Gasteiger partial charge in [-0.05, 0) is 55.5 Å². The Hall–Kier alpha value is -3.25. The number of rotatable bonds is 5. The third kappa shape index (κ3) is 5.88. The maximum atomic E-state index is 13.0. The highest BCUT2D eigenvalue weighted by molar-refractivity contribution is 6.19. The molecule has 1 unspecified atom stereocenters. The maximum absolute atomic E-state index is 13.0. The van der Waals surface area contributed by atoms with Crippen molar-refractivity contribution in [2.75, 3.05) is 17.3 Å². The quantitative estimate of drug-likeness (QED) is 0.376. The summed E-state index contributed by atoms with van der Waals surface area (Å²) < 4.78 is 11.8. The summed E-state index contributed by atoms with van der Waals surface area (Å²) in [6.07, 6.45) is -0.473. The van der Waals surface area contributed by atoms with Gasteiger partial charge in [0.25, 0.3) is 0 Å². The van der Waals surface area contributed by atoms with E-state index in [9.17, 15) is 14.7 Å². The Balaban J connectivity index is 0.00000167. The molecule has 186 valence electrons. The first-order valence-electron chi connectivity index (χ1n) is 11.7. The van der Waals surface area contributed by atoms with E-state index in [4.69, 9.17) is 21.1 Å². The average molecular weight is 498 g/mol. The van der Waals surface area contributed by atoms with Crippen LogP contribution >= 0.6 is 11.6 Å². The van der Waals surface area contributed by atoms with Crippen molar-refractivity contribution in [3.63, 3.8) is 0 Å². The number of anilines is 1. The van der Waals surface area contributed by atoms with E-state index in [-0.39, 0.29) is 17.4 Å². The first kappa shape index (κ1) is 26.4. The van der Waals surface area contributed by atoms with Crippen LogP contribution in [0.15, 0.2) is 54.6 Å². The summed E-state index contributed by atoms with van der Waals surface area (Å²) in [5.74, 6) is -0.342. The molecule has 1 atom stereocenters. The number of amides is 1. The number of carboxylic acids is 1. The molecule has 1 N–H and O–H groups in total. The van der Waals surface area contributed by atoms with E-state index in [0.717, 1.165) is 16.5 Å². The van der Waals surface area contributed by atoms with Crippen LogP contribution in [-0.2, 0) is 11.3 Å². The number of aromatic carboxylic acids is 1. The molecule has 7 heteroatoms. The molecule has 0 radical (unpaired) electrons. The summed E-state index contributed by atoms with van der Waals surface area (Å²) in [7, 11) is 0. The van der Waals surface area contributed by atoms with Crippen molar-refractivity contribution in [2.45, 2.75) is 52.7 Å². The van der Waals surface area contributed by atoms with Gasteiger partial charge in [0.15, 0.2) is 0 Å². The number of fused-ring (bicyclic) bond motifs is 3. The lowest BCUT2D eigenvalue weighted by Gasteiger charge is -2.25. The zero-order valence-corrected chi connectivity index (χ0v) is 21.6. The Labute approximate surface area is 211 Å². The van der Waals surface area contributed by atoms with Gasteiger partial charge in [-0.3, -0.25) is 4.90 Å². The number of alkyl halides is 1. The molecule has 1 aliphatic rings. The second-order valence-electron chi connectivity index (χ2n) is 9.09. The van der Waals surface area contributed by atoms with E-state index in [1.807, 2.05) is 71.0 Å². The van der Waals surface area contributed by atoms with E-state index >= 15 is 0 Å². The molecular weight excluding hydrogens is 466 g/mol. The molecule has 0 aromatic heterocycles. The lowest BCUT2D eigenvalue weighted by molar-refractivity contribution is 0.0581. The van der Waals surface area contributed by atoms with Crippen LogP contribution in [-0.4, -0.2) is 35.2 Å². The molecule has 0 bridgehead atoms. The highest BCUT2D eigenvalue weighted by Gasteiger charge is 2.37. The van der Waals surface area contributed by atoms with Gasteiger partial charge in [-0.1, -0.05) is 44.2 Å². The number of nitrogens with zero attached hydrogens (tertiary/aromatic N) is 1. The monoisotopic (exact) mass is 497 g/mol. The second-order valence-corrected chi connectivity index (χ2v) is 9.40. The van der Waals surface area contributed by atoms with Crippen LogP contribution in [0, 0.1) is 0 Å². The Morgan fingerprint density at radius 2 is 1.74 bits per heavy atom. The van der Waals surface area contributed by atoms with Crippen LogP contribution < -0.4 is 9.64 Å². The highest BCUT2D eigenvalue weighted by atomic mass is 35.5. The molecule has 0 saturated carbocycles. The van der Waals surface area contributed by atoms with Gasteiger partial charge in [0.2, 0.25) is 0 Å². The molecule has 1 heterocycles. The molecule has 0 saturated heterocycles. The lowest BCUT2D eigenvalue weighted by Crippen LogP contribution is -2.36. The van der Waals surface area contributed by atoms with Crippen molar-refractivity contribution < 1.29 is 24.2 Å². The molecule has 35 heavy (non-hydrogen) atoms. The van der Waals surface area contributed by atoms with E-state index in [1.165, 1.54) is 0 Å². The molecule has 6 nitrogen and oxygen atoms in total.